The van der Waals surface area contributed by atoms with Gasteiger partial charge in [0.15, 0.2) is 5.82 Å². The summed E-state index contributed by atoms with van der Waals surface area (Å²) in [4.78, 5) is 21.9. The Balaban J connectivity index is 2.04. The first-order valence-corrected chi connectivity index (χ1v) is 9.83. The van der Waals surface area contributed by atoms with E-state index in [9.17, 15) is 4.79 Å². The Morgan fingerprint density at radius 1 is 1.03 bits per heavy atom. The molecule has 2 aromatic carbocycles. The normalized spacial score (nSPS) is 12.2. The van der Waals surface area contributed by atoms with Gasteiger partial charge in [-0.05, 0) is 51.5 Å². The van der Waals surface area contributed by atoms with Gasteiger partial charge < -0.3 is 14.8 Å². The number of nitrogens with one attached hydrogen (secondary N) is 1. The van der Waals surface area contributed by atoms with Gasteiger partial charge in [0, 0.05) is 18.0 Å². The van der Waals surface area contributed by atoms with Gasteiger partial charge in [-0.3, -0.25) is 4.98 Å². The summed E-state index contributed by atoms with van der Waals surface area (Å²) in [6.45, 7) is 7.56. The topological polar surface area (TPSA) is 73.3 Å². The maximum atomic E-state index is 12.9. The Morgan fingerprint density at radius 3 is 2.40 bits per heavy atom. The van der Waals surface area contributed by atoms with Crippen LogP contribution >= 0.6 is 0 Å². The van der Waals surface area contributed by atoms with Crippen molar-refractivity contribution in [1.29, 1.82) is 0 Å². The Hall–Kier alpha value is -3.41. The van der Waals surface area contributed by atoms with Crippen LogP contribution in [0, 0.1) is 0 Å². The molecule has 156 valence electrons. The van der Waals surface area contributed by atoms with E-state index in [-0.39, 0.29) is 6.04 Å². The second-order valence-electron chi connectivity index (χ2n) is 7.94. The third-order valence-corrected chi connectivity index (χ3v) is 4.45. The minimum absolute atomic E-state index is 0.00256. The third-order valence-electron chi connectivity index (χ3n) is 4.45. The predicted octanol–water partition coefficient (Wildman–Crippen LogP) is 5.28. The summed E-state index contributed by atoms with van der Waals surface area (Å²) in [5.41, 5.74) is 2.06. The molecule has 6 nitrogen and oxygen atoms in total. The summed E-state index contributed by atoms with van der Waals surface area (Å²) >= 11 is 0. The first-order chi connectivity index (χ1) is 14.3. The van der Waals surface area contributed by atoms with Crippen molar-refractivity contribution in [2.24, 2.45) is 0 Å². The monoisotopic (exact) mass is 405 g/mol. The number of benzene rings is 2. The Kier molecular flexibility index (Phi) is 6.35. The maximum absolute atomic E-state index is 12.9. The number of aromatic nitrogens is 2. The van der Waals surface area contributed by atoms with Crippen LogP contribution in [0.3, 0.4) is 0 Å². The van der Waals surface area contributed by atoms with E-state index < -0.39 is 11.6 Å². The molecule has 1 heterocycles. The highest BCUT2D eigenvalue weighted by atomic mass is 16.6. The molecule has 6 heteroatoms. The quantitative estimate of drug-likeness (QED) is 0.563. The molecule has 0 saturated carbocycles. The molecular formula is C24H27N3O3. The number of hydrogen-bond acceptors (Lipinski definition) is 6. The highest BCUT2D eigenvalue weighted by Crippen LogP contribution is 2.33. The molecule has 3 rings (SSSR count). The SMILES string of the molecule is COc1ccc(C(=O)OC(C)(C)C)c(-c2nccnc2N[C@@H](C)c2ccccc2)c1. The van der Waals surface area contributed by atoms with E-state index in [0.29, 0.717) is 28.4 Å². The molecule has 3 aromatic rings. The van der Waals surface area contributed by atoms with E-state index in [2.05, 4.69) is 15.3 Å². The number of esters is 1. The lowest BCUT2D eigenvalue weighted by atomic mass is 10.0. The average molecular weight is 405 g/mol. The fourth-order valence-electron chi connectivity index (χ4n) is 3.03. The molecule has 0 unspecified atom stereocenters. The summed E-state index contributed by atoms with van der Waals surface area (Å²) in [5, 5.41) is 3.41. The molecule has 1 N–H and O–H groups in total. The molecule has 1 atom stereocenters. The van der Waals surface area contributed by atoms with Gasteiger partial charge in [0.05, 0.1) is 18.7 Å². The molecule has 1 aromatic heterocycles. The van der Waals surface area contributed by atoms with Crippen molar-refractivity contribution < 1.29 is 14.3 Å². The standard InChI is InChI=1S/C24H27N3O3/c1-16(17-9-7-6-8-10-17)27-22-21(25-13-14-26-22)20-15-18(29-5)11-12-19(20)23(28)30-24(2,3)4/h6-16H,1-5H3,(H,26,27)/t16-/m0/s1. The second kappa shape index (κ2) is 8.95. The maximum Gasteiger partial charge on any atom is 0.339 e. The molecular weight excluding hydrogens is 378 g/mol. The molecule has 0 fully saturated rings. The highest BCUT2D eigenvalue weighted by Gasteiger charge is 2.24. The van der Waals surface area contributed by atoms with Gasteiger partial charge in [-0.15, -0.1) is 0 Å². The first-order valence-electron chi connectivity index (χ1n) is 9.83. The van der Waals surface area contributed by atoms with E-state index in [1.54, 1.807) is 37.7 Å². The van der Waals surface area contributed by atoms with Crippen LogP contribution in [-0.2, 0) is 4.74 Å². The fourth-order valence-corrected chi connectivity index (χ4v) is 3.03. The lowest BCUT2D eigenvalue weighted by Crippen LogP contribution is -2.24. The smallest absolute Gasteiger partial charge is 0.339 e. The molecule has 0 bridgehead atoms. The number of nitrogens with zero attached hydrogens (tertiary/aromatic N) is 2. The molecule has 30 heavy (non-hydrogen) atoms. The van der Waals surface area contributed by atoms with Gasteiger partial charge in [0.1, 0.15) is 17.0 Å². The van der Waals surface area contributed by atoms with Crippen LogP contribution in [0.25, 0.3) is 11.3 Å². The van der Waals surface area contributed by atoms with Crippen LogP contribution in [0.4, 0.5) is 5.82 Å². The molecule has 0 aliphatic carbocycles. The largest absolute Gasteiger partial charge is 0.497 e. The lowest BCUT2D eigenvalue weighted by Gasteiger charge is -2.21. The van der Waals surface area contributed by atoms with Crippen LogP contribution in [0.1, 0.15) is 49.7 Å². The minimum atomic E-state index is -0.612. The number of rotatable bonds is 6. The van der Waals surface area contributed by atoms with Gasteiger partial charge >= 0.3 is 5.97 Å². The number of carbonyl (C=O) groups excluding carboxylic acids is 1. The Bertz CT molecular complexity index is 1010. The third kappa shape index (κ3) is 5.14. The Labute approximate surface area is 177 Å². The summed E-state index contributed by atoms with van der Waals surface area (Å²) < 4.78 is 11.0. The lowest BCUT2D eigenvalue weighted by molar-refractivity contribution is 0.00704. The van der Waals surface area contributed by atoms with E-state index in [4.69, 9.17) is 9.47 Å². The van der Waals surface area contributed by atoms with Crippen molar-refractivity contribution >= 4 is 11.8 Å². The summed E-state index contributed by atoms with van der Waals surface area (Å²) in [6, 6.07) is 15.3. The second-order valence-corrected chi connectivity index (χ2v) is 7.94. The van der Waals surface area contributed by atoms with Crippen LogP contribution in [0.5, 0.6) is 5.75 Å². The molecule has 0 aliphatic rings. The van der Waals surface area contributed by atoms with E-state index in [1.807, 2.05) is 58.0 Å². The highest BCUT2D eigenvalue weighted by molar-refractivity contribution is 5.98. The zero-order valence-corrected chi connectivity index (χ0v) is 18.0. The molecule has 0 amide bonds. The van der Waals surface area contributed by atoms with Crippen LogP contribution < -0.4 is 10.1 Å². The van der Waals surface area contributed by atoms with Crippen molar-refractivity contribution in [2.75, 3.05) is 12.4 Å². The summed E-state index contributed by atoms with van der Waals surface area (Å²) in [6.07, 6.45) is 3.23. The summed E-state index contributed by atoms with van der Waals surface area (Å²) in [7, 11) is 1.58. The van der Waals surface area contributed by atoms with Gasteiger partial charge in [-0.25, -0.2) is 9.78 Å². The van der Waals surface area contributed by atoms with E-state index in [1.165, 1.54) is 0 Å². The van der Waals surface area contributed by atoms with Crippen LogP contribution in [0.2, 0.25) is 0 Å². The number of carbonyl (C=O) groups is 1. The average Bonchev–Trinajstić information content (AvgIpc) is 2.73. The molecule has 0 radical (unpaired) electrons. The van der Waals surface area contributed by atoms with Gasteiger partial charge in [0.25, 0.3) is 0 Å². The zero-order chi connectivity index (χ0) is 21.7. The number of methoxy groups -OCH3 is 1. The Morgan fingerprint density at radius 2 is 1.73 bits per heavy atom. The summed E-state index contributed by atoms with van der Waals surface area (Å²) in [5.74, 6) is 0.768. The first kappa shape index (κ1) is 21.3. The van der Waals surface area contributed by atoms with Gasteiger partial charge in [-0.1, -0.05) is 30.3 Å². The van der Waals surface area contributed by atoms with Crippen molar-refractivity contribution in [3.63, 3.8) is 0 Å². The molecule has 0 spiro atoms. The van der Waals surface area contributed by atoms with E-state index >= 15 is 0 Å². The number of anilines is 1. The van der Waals surface area contributed by atoms with Crippen molar-refractivity contribution in [3.8, 4) is 17.0 Å². The van der Waals surface area contributed by atoms with Crippen molar-refractivity contribution in [1.82, 2.24) is 9.97 Å². The van der Waals surface area contributed by atoms with Crippen molar-refractivity contribution in [2.45, 2.75) is 39.3 Å². The number of ether oxygens (including phenoxy) is 2. The fraction of sp³-hybridized carbons (Fsp3) is 0.292. The molecule has 0 saturated heterocycles. The zero-order valence-electron chi connectivity index (χ0n) is 18.0. The van der Waals surface area contributed by atoms with Crippen LogP contribution in [0.15, 0.2) is 60.9 Å². The minimum Gasteiger partial charge on any atom is -0.497 e. The van der Waals surface area contributed by atoms with Crippen LogP contribution in [-0.4, -0.2) is 28.6 Å². The predicted molar refractivity (Wildman–Crippen MR) is 118 cm³/mol. The van der Waals surface area contributed by atoms with E-state index in [0.717, 1.165) is 5.56 Å². The van der Waals surface area contributed by atoms with Gasteiger partial charge in [0.2, 0.25) is 0 Å². The van der Waals surface area contributed by atoms with Crippen molar-refractivity contribution in [3.05, 3.63) is 72.1 Å². The van der Waals surface area contributed by atoms with Gasteiger partial charge in [-0.2, -0.15) is 0 Å². The number of hydrogen-bond donors (Lipinski definition) is 1. The molecule has 0 aliphatic heterocycles.